The fourth-order valence-electron chi connectivity index (χ4n) is 2.56. The normalized spacial score (nSPS) is 11.6. The Morgan fingerprint density at radius 2 is 1.82 bits per heavy atom. The number of benzene rings is 2. The SMILES string of the molecule is CCCNC(=O)c1ccc(NC(=O)COc2ccc(C(C)CC)cc2Br)cc1. The van der Waals surface area contributed by atoms with E-state index in [1.165, 1.54) is 5.56 Å². The molecule has 150 valence electrons. The van der Waals surface area contributed by atoms with Gasteiger partial charge in [-0.25, -0.2) is 0 Å². The molecule has 2 aromatic rings. The van der Waals surface area contributed by atoms with Gasteiger partial charge in [-0.1, -0.05) is 26.8 Å². The number of carbonyl (C=O) groups excluding carboxylic acids is 2. The highest BCUT2D eigenvalue weighted by Crippen LogP contribution is 2.30. The quantitative estimate of drug-likeness (QED) is 0.561. The molecule has 6 heteroatoms. The van der Waals surface area contributed by atoms with E-state index in [1.807, 2.05) is 25.1 Å². The molecular formula is C22H27BrN2O3. The molecule has 1 unspecified atom stereocenters. The monoisotopic (exact) mass is 446 g/mol. The number of ether oxygens (including phenoxy) is 1. The number of hydrogen-bond donors (Lipinski definition) is 2. The molecule has 2 amide bonds. The summed E-state index contributed by atoms with van der Waals surface area (Å²) in [6.07, 6.45) is 1.95. The number of nitrogens with one attached hydrogen (secondary N) is 2. The van der Waals surface area contributed by atoms with Crippen LogP contribution < -0.4 is 15.4 Å². The lowest BCUT2D eigenvalue weighted by Crippen LogP contribution is -2.24. The summed E-state index contributed by atoms with van der Waals surface area (Å²) in [6.45, 7) is 6.87. The summed E-state index contributed by atoms with van der Waals surface area (Å²) in [5.41, 5.74) is 2.41. The maximum absolute atomic E-state index is 12.1. The van der Waals surface area contributed by atoms with E-state index in [4.69, 9.17) is 4.74 Å². The van der Waals surface area contributed by atoms with Gasteiger partial charge in [-0.05, 0) is 76.7 Å². The average Bonchev–Trinajstić information content (AvgIpc) is 2.71. The molecule has 0 aromatic heterocycles. The van der Waals surface area contributed by atoms with E-state index < -0.39 is 0 Å². The first-order valence-electron chi connectivity index (χ1n) is 9.55. The van der Waals surface area contributed by atoms with Crippen molar-refractivity contribution in [2.75, 3.05) is 18.5 Å². The Hall–Kier alpha value is -2.34. The Morgan fingerprint density at radius 1 is 1.11 bits per heavy atom. The van der Waals surface area contributed by atoms with E-state index in [0.29, 0.717) is 29.5 Å². The molecule has 0 spiro atoms. The lowest BCUT2D eigenvalue weighted by atomic mass is 9.99. The molecule has 0 aliphatic heterocycles. The third kappa shape index (κ3) is 6.37. The number of carbonyl (C=O) groups is 2. The number of halogens is 1. The molecule has 0 aliphatic carbocycles. The molecule has 2 aromatic carbocycles. The van der Waals surface area contributed by atoms with Crippen LogP contribution in [0, 0.1) is 0 Å². The van der Waals surface area contributed by atoms with Crippen molar-refractivity contribution in [1.29, 1.82) is 0 Å². The zero-order valence-electron chi connectivity index (χ0n) is 16.5. The molecule has 1 atom stereocenters. The first-order chi connectivity index (χ1) is 13.4. The molecule has 0 heterocycles. The molecular weight excluding hydrogens is 420 g/mol. The van der Waals surface area contributed by atoms with E-state index in [0.717, 1.165) is 17.3 Å². The fourth-order valence-corrected chi connectivity index (χ4v) is 3.07. The highest BCUT2D eigenvalue weighted by molar-refractivity contribution is 9.10. The molecule has 0 aliphatic rings. The summed E-state index contributed by atoms with van der Waals surface area (Å²) in [5.74, 6) is 0.723. The van der Waals surface area contributed by atoms with Crippen molar-refractivity contribution in [1.82, 2.24) is 5.32 Å². The summed E-state index contributed by atoms with van der Waals surface area (Å²) in [7, 11) is 0. The Kier molecular flexibility index (Phi) is 8.51. The molecule has 28 heavy (non-hydrogen) atoms. The summed E-state index contributed by atoms with van der Waals surface area (Å²) in [5, 5.41) is 5.59. The first-order valence-corrected chi connectivity index (χ1v) is 10.3. The minimum Gasteiger partial charge on any atom is -0.483 e. The van der Waals surface area contributed by atoms with Crippen LogP contribution in [0.15, 0.2) is 46.9 Å². The first kappa shape index (κ1) is 22.0. The van der Waals surface area contributed by atoms with Gasteiger partial charge in [-0.2, -0.15) is 0 Å². The Morgan fingerprint density at radius 3 is 2.43 bits per heavy atom. The minimum absolute atomic E-state index is 0.0972. The summed E-state index contributed by atoms with van der Waals surface area (Å²) < 4.78 is 6.46. The number of hydrogen-bond acceptors (Lipinski definition) is 3. The van der Waals surface area contributed by atoms with E-state index in [1.54, 1.807) is 24.3 Å². The molecule has 0 saturated carbocycles. The van der Waals surface area contributed by atoms with Crippen LogP contribution in [0.2, 0.25) is 0 Å². The van der Waals surface area contributed by atoms with Crippen LogP contribution in [0.1, 0.15) is 55.5 Å². The van der Waals surface area contributed by atoms with Gasteiger partial charge in [0.2, 0.25) is 0 Å². The maximum atomic E-state index is 12.1. The second-order valence-corrected chi connectivity index (χ2v) is 7.52. The van der Waals surface area contributed by atoms with Crippen LogP contribution in [-0.2, 0) is 4.79 Å². The van der Waals surface area contributed by atoms with Crippen molar-refractivity contribution >= 4 is 33.4 Å². The molecule has 0 radical (unpaired) electrons. The lowest BCUT2D eigenvalue weighted by Gasteiger charge is -2.13. The van der Waals surface area contributed by atoms with Crippen molar-refractivity contribution in [3.8, 4) is 5.75 Å². The van der Waals surface area contributed by atoms with Gasteiger partial charge in [0.15, 0.2) is 6.61 Å². The zero-order chi connectivity index (χ0) is 20.5. The van der Waals surface area contributed by atoms with E-state index in [9.17, 15) is 9.59 Å². The molecule has 5 nitrogen and oxygen atoms in total. The van der Waals surface area contributed by atoms with E-state index >= 15 is 0 Å². The summed E-state index contributed by atoms with van der Waals surface area (Å²) in [6, 6.07) is 12.7. The van der Waals surface area contributed by atoms with Crippen LogP contribution in [0.4, 0.5) is 5.69 Å². The molecule has 0 fully saturated rings. The van der Waals surface area contributed by atoms with Gasteiger partial charge in [-0.3, -0.25) is 9.59 Å². The molecule has 0 saturated heterocycles. The highest BCUT2D eigenvalue weighted by atomic mass is 79.9. The van der Waals surface area contributed by atoms with Crippen molar-refractivity contribution in [2.24, 2.45) is 0 Å². The smallest absolute Gasteiger partial charge is 0.262 e. The van der Waals surface area contributed by atoms with Crippen molar-refractivity contribution in [3.05, 3.63) is 58.1 Å². The van der Waals surface area contributed by atoms with Crippen molar-refractivity contribution in [3.63, 3.8) is 0 Å². The Bertz CT molecular complexity index is 806. The second kappa shape index (κ2) is 10.9. The van der Waals surface area contributed by atoms with Crippen LogP contribution in [-0.4, -0.2) is 25.0 Å². The predicted molar refractivity (Wildman–Crippen MR) is 116 cm³/mol. The Labute approximate surface area is 175 Å². The molecule has 2 N–H and O–H groups in total. The molecule has 0 bridgehead atoms. The van der Waals surface area contributed by atoms with Gasteiger partial charge in [0.1, 0.15) is 5.75 Å². The highest BCUT2D eigenvalue weighted by Gasteiger charge is 2.10. The number of rotatable bonds is 9. The van der Waals surface area contributed by atoms with Gasteiger partial charge in [0.05, 0.1) is 4.47 Å². The van der Waals surface area contributed by atoms with E-state index in [-0.39, 0.29) is 18.4 Å². The van der Waals surface area contributed by atoms with Crippen molar-refractivity contribution < 1.29 is 14.3 Å². The van der Waals surface area contributed by atoms with Crippen LogP contribution in [0.5, 0.6) is 5.75 Å². The fraction of sp³-hybridized carbons (Fsp3) is 0.364. The van der Waals surface area contributed by atoms with Gasteiger partial charge in [0.25, 0.3) is 11.8 Å². The summed E-state index contributed by atoms with van der Waals surface area (Å²) >= 11 is 3.51. The van der Waals surface area contributed by atoms with Crippen molar-refractivity contribution in [2.45, 2.75) is 39.5 Å². The largest absolute Gasteiger partial charge is 0.483 e. The van der Waals surface area contributed by atoms with Gasteiger partial charge < -0.3 is 15.4 Å². The molecule has 2 rings (SSSR count). The lowest BCUT2D eigenvalue weighted by molar-refractivity contribution is -0.118. The third-order valence-electron chi connectivity index (χ3n) is 4.46. The van der Waals surface area contributed by atoms with Crippen LogP contribution >= 0.6 is 15.9 Å². The zero-order valence-corrected chi connectivity index (χ0v) is 18.1. The summed E-state index contributed by atoms with van der Waals surface area (Å²) in [4.78, 5) is 24.0. The number of anilines is 1. The van der Waals surface area contributed by atoms with Gasteiger partial charge in [0, 0.05) is 17.8 Å². The van der Waals surface area contributed by atoms with Crippen LogP contribution in [0.25, 0.3) is 0 Å². The minimum atomic E-state index is -0.263. The average molecular weight is 447 g/mol. The standard InChI is InChI=1S/C22H27BrN2O3/c1-4-12-24-22(27)16-6-9-18(10-7-16)25-21(26)14-28-20-11-8-17(13-19(20)23)15(3)5-2/h6-11,13,15H,4-5,12,14H2,1-3H3,(H,24,27)(H,25,26). The van der Waals surface area contributed by atoms with Gasteiger partial charge >= 0.3 is 0 Å². The van der Waals surface area contributed by atoms with Gasteiger partial charge in [-0.15, -0.1) is 0 Å². The third-order valence-corrected chi connectivity index (χ3v) is 5.08. The van der Waals surface area contributed by atoms with Crippen LogP contribution in [0.3, 0.4) is 0 Å². The maximum Gasteiger partial charge on any atom is 0.262 e. The number of amides is 2. The Balaban J connectivity index is 1.88. The second-order valence-electron chi connectivity index (χ2n) is 6.67. The topological polar surface area (TPSA) is 67.4 Å². The predicted octanol–water partition coefficient (Wildman–Crippen LogP) is 5.12. The van der Waals surface area contributed by atoms with E-state index in [2.05, 4.69) is 40.4 Å².